The molecular weight excluding hydrogens is 501 g/mol. The molecule has 2 aromatic carbocycles. The molecule has 1 amide bonds. The summed E-state index contributed by atoms with van der Waals surface area (Å²) in [4.78, 5) is 28.6. The first-order chi connectivity index (χ1) is 18.1. The summed E-state index contributed by atoms with van der Waals surface area (Å²) in [7, 11) is 0. The number of rotatable bonds is 9. The number of aliphatic hydroxyl groups is 1. The molecule has 1 saturated heterocycles. The van der Waals surface area contributed by atoms with Gasteiger partial charge in [-0.1, -0.05) is 18.2 Å². The van der Waals surface area contributed by atoms with E-state index in [1.54, 1.807) is 18.2 Å². The van der Waals surface area contributed by atoms with E-state index in [1.165, 1.54) is 18.2 Å². The number of carbonyl (C=O) groups is 1. The number of aromatic hydroxyl groups is 1. The van der Waals surface area contributed by atoms with Gasteiger partial charge < -0.3 is 30.7 Å². The van der Waals surface area contributed by atoms with E-state index in [0.717, 1.165) is 38.1 Å². The van der Waals surface area contributed by atoms with Crippen molar-refractivity contribution in [3.05, 3.63) is 75.6 Å². The number of amides is 1. The van der Waals surface area contributed by atoms with Crippen molar-refractivity contribution < 1.29 is 28.2 Å². The van der Waals surface area contributed by atoms with Gasteiger partial charge in [-0.2, -0.15) is 13.2 Å². The highest BCUT2D eigenvalue weighted by Crippen LogP contribution is 2.30. The molecule has 38 heavy (non-hydrogen) atoms. The van der Waals surface area contributed by atoms with Gasteiger partial charge in [0.25, 0.3) is 0 Å². The van der Waals surface area contributed by atoms with E-state index in [1.807, 2.05) is 0 Å². The Balaban J connectivity index is 1.18. The van der Waals surface area contributed by atoms with Crippen LogP contribution in [0.1, 0.15) is 42.1 Å². The minimum atomic E-state index is -4.42. The van der Waals surface area contributed by atoms with E-state index < -0.39 is 17.8 Å². The molecule has 1 atom stereocenters. The fourth-order valence-electron chi connectivity index (χ4n) is 4.70. The Kier molecular flexibility index (Phi) is 8.70. The lowest BCUT2D eigenvalue weighted by molar-refractivity contribution is -0.137. The molecule has 0 spiro atoms. The Hall–Kier alpha value is -3.41. The second-order valence-electron chi connectivity index (χ2n) is 9.55. The van der Waals surface area contributed by atoms with Crippen molar-refractivity contribution in [1.82, 2.24) is 20.5 Å². The van der Waals surface area contributed by atoms with Crippen LogP contribution in [0.4, 0.5) is 13.2 Å². The van der Waals surface area contributed by atoms with Gasteiger partial charge in [0.05, 0.1) is 17.2 Å². The molecule has 1 fully saturated rings. The third-order valence-corrected chi connectivity index (χ3v) is 6.85. The summed E-state index contributed by atoms with van der Waals surface area (Å²) in [6.45, 7) is 2.46. The zero-order chi connectivity index (χ0) is 27.3. The Morgan fingerprint density at radius 2 is 1.89 bits per heavy atom. The molecule has 0 radical (unpaired) electrons. The molecule has 1 aliphatic rings. The molecule has 0 unspecified atom stereocenters. The van der Waals surface area contributed by atoms with Crippen molar-refractivity contribution in [3.63, 3.8) is 0 Å². The summed E-state index contributed by atoms with van der Waals surface area (Å²) in [6, 6.07) is 11.1. The molecule has 204 valence electrons. The number of likely N-dealkylation sites (tertiary alicyclic amines) is 1. The predicted molar refractivity (Wildman–Crippen MR) is 137 cm³/mol. The van der Waals surface area contributed by atoms with Gasteiger partial charge in [-0.15, -0.1) is 0 Å². The monoisotopic (exact) mass is 532 g/mol. The van der Waals surface area contributed by atoms with E-state index in [2.05, 4.69) is 20.5 Å². The van der Waals surface area contributed by atoms with Gasteiger partial charge in [0.2, 0.25) is 11.5 Å². The van der Waals surface area contributed by atoms with Crippen LogP contribution in [0.3, 0.4) is 0 Å². The molecule has 0 aliphatic carbocycles. The number of hydrogen-bond donors (Lipinski definition) is 5. The molecule has 1 aliphatic heterocycles. The minimum Gasteiger partial charge on any atom is -0.506 e. The number of alkyl halides is 3. The van der Waals surface area contributed by atoms with Crippen molar-refractivity contribution in [3.8, 4) is 5.75 Å². The number of nitrogens with one attached hydrogen (secondary N) is 3. The fourth-order valence-corrected chi connectivity index (χ4v) is 4.70. The third-order valence-electron chi connectivity index (χ3n) is 6.85. The van der Waals surface area contributed by atoms with Crippen LogP contribution < -0.4 is 16.2 Å². The number of phenolic OH excluding ortho intramolecular Hbond substituents is 1. The lowest BCUT2D eigenvalue weighted by atomic mass is 10.0. The van der Waals surface area contributed by atoms with Gasteiger partial charge in [0.15, 0.2) is 0 Å². The maximum absolute atomic E-state index is 12.8. The van der Waals surface area contributed by atoms with Crippen molar-refractivity contribution in [2.45, 2.75) is 44.1 Å². The molecule has 5 N–H and O–H groups in total. The number of hydrogen-bond acceptors (Lipinski definition) is 6. The maximum atomic E-state index is 12.8. The Morgan fingerprint density at radius 1 is 1.13 bits per heavy atom. The number of aromatic amines is 1. The van der Waals surface area contributed by atoms with Crippen LogP contribution in [0.25, 0.3) is 10.9 Å². The molecule has 11 heteroatoms. The predicted octanol–water partition coefficient (Wildman–Crippen LogP) is 3.05. The van der Waals surface area contributed by atoms with E-state index >= 15 is 0 Å². The zero-order valence-corrected chi connectivity index (χ0v) is 20.7. The van der Waals surface area contributed by atoms with Crippen molar-refractivity contribution in [2.75, 3.05) is 26.2 Å². The first-order valence-corrected chi connectivity index (χ1v) is 12.5. The van der Waals surface area contributed by atoms with Gasteiger partial charge in [0.1, 0.15) is 5.75 Å². The molecule has 0 bridgehead atoms. The summed E-state index contributed by atoms with van der Waals surface area (Å²) >= 11 is 0. The standard InChI is InChI=1S/C27H31F3N4O4/c28-27(29,30)18-3-1-2-17(14-18)15-32-24(37)10-13-34-11-8-19(9-12-34)31-16-23(36)20-4-6-22(35)26-21(20)5-7-25(38)33-26/h1-7,14,19,23,31,35-36H,8-13,15-16H2,(H,32,37)(H,33,38)/t23-/m0/s1. The average Bonchev–Trinajstić information content (AvgIpc) is 2.90. The summed E-state index contributed by atoms with van der Waals surface area (Å²) in [5.74, 6) is -0.272. The number of carbonyl (C=O) groups excluding carboxylic acids is 1. The normalized spacial score (nSPS) is 16.0. The summed E-state index contributed by atoms with van der Waals surface area (Å²) < 4.78 is 38.5. The highest BCUT2D eigenvalue weighted by molar-refractivity contribution is 5.87. The zero-order valence-electron chi connectivity index (χ0n) is 20.7. The number of fused-ring (bicyclic) bond motifs is 1. The number of aromatic nitrogens is 1. The van der Waals surface area contributed by atoms with Crippen LogP contribution in [0.2, 0.25) is 0 Å². The molecule has 4 rings (SSSR count). The first kappa shape index (κ1) is 27.6. The number of aliphatic hydroxyl groups excluding tert-OH is 1. The first-order valence-electron chi connectivity index (χ1n) is 12.5. The third kappa shape index (κ3) is 7.12. The SMILES string of the molecule is O=C(CCN1CCC(NC[C@H](O)c2ccc(O)c3[nH]c(=O)ccc23)CC1)NCc1cccc(C(F)(F)F)c1. The topological polar surface area (TPSA) is 118 Å². The molecule has 2 heterocycles. The molecule has 1 aromatic heterocycles. The summed E-state index contributed by atoms with van der Waals surface area (Å²) in [6.07, 6.45) is -3.32. The number of nitrogens with zero attached hydrogens (tertiary/aromatic N) is 1. The van der Waals surface area contributed by atoms with Crippen molar-refractivity contribution >= 4 is 16.8 Å². The highest BCUT2D eigenvalue weighted by Gasteiger charge is 2.30. The molecule has 3 aromatic rings. The second kappa shape index (κ2) is 12.0. The minimum absolute atomic E-state index is 0.0451. The van der Waals surface area contributed by atoms with E-state index in [-0.39, 0.29) is 36.2 Å². The highest BCUT2D eigenvalue weighted by atomic mass is 19.4. The number of halogens is 3. The largest absolute Gasteiger partial charge is 0.506 e. The van der Waals surface area contributed by atoms with Crippen LogP contribution in [0.5, 0.6) is 5.75 Å². The van der Waals surface area contributed by atoms with Gasteiger partial charge in [-0.3, -0.25) is 9.59 Å². The van der Waals surface area contributed by atoms with Gasteiger partial charge in [0, 0.05) is 43.5 Å². The summed E-state index contributed by atoms with van der Waals surface area (Å²) in [5.41, 5.74) is 0.228. The second-order valence-corrected chi connectivity index (χ2v) is 9.55. The lowest BCUT2D eigenvalue weighted by Gasteiger charge is -2.32. The number of piperidine rings is 1. The van der Waals surface area contributed by atoms with E-state index in [0.29, 0.717) is 35.1 Å². The average molecular weight is 533 g/mol. The van der Waals surface area contributed by atoms with Gasteiger partial charge in [-0.25, -0.2) is 0 Å². The van der Waals surface area contributed by atoms with Gasteiger partial charge >= 0.3 is 6.18 Å². The van der Waals surface area contributed by atoms with Crippen LogP contribution >= 0.6 is 0 Å². The number of pyridine rings is 1. The van der Waals surface area contributed by atoms with Crippen LogP contribution in [0, 0.1) is 0 Å². The summed E-state index contributed by atoms with van der Waals surface area (Å²) in [5, 5.41) is 27.4. The van der Waals surface area contributed by atoms with Crippen molar-refractivity contribution in [2.24, 2.45) is 0 Å². The Labute approximate surface area is 217 Å². The number of phenols is 1. The Bertz CT molecular complexity index is 1320. The van der Waals surface area contributed by atoms with E-state index in [4.69, 9.17) is 0 Å². The number of benzene rings is 2. The smallest absolute Gasteiger partial charge is 0.416 e. The molecule has 0 saturated carbocycles. The molecular formula is C27H31F3N4O4. The number of H-pyrrole nitrogens is 1. The van der Waals surface area contributed by atoms with Crippen LogP contribution in [-0.2, 0) is 17.5 Å². The quantitative estimate of drug-likeness (QED) is 0.289. The maximum Gasteiger partial charge on any atom is 0.416 e. The molecule has 8 nitrogen and oxygen atoms in total. The van der Waals surface area contributed by atoms with E-state index in [9.17, 15) is 33.0 Å². The van der Waals surface area contributed by atoms with Crippen LogP contribution in [0.15, 0.2) is 53.3 Å². The fraction of sp³-hybridized carbons (Fsp3) is 0.407. The Morgan fingerprint density at radius 3 is 2.63 bits per heavy atom. The lowest BCUT2D eigenvalue weighted by Crippen LogP contribution is -2.44. The van der Waals surface area contributed by atoms with Crippen LogP contribution in [-0.4, -0.2) is 58.2 Å². The van der Waals surface area contributed by atoms with Crippen molar-refractivity contribution in [1.29, 1.82) is 0 Å². The van der Waals surface area contributed by atoms with Gasteiger partial charge in [-0.05, 0) is 61.3 Å².